The van der Waals surface area contributed by atoms with Crippen LogP contribution < -0.4 is 10.6 Å². The zero-order valence-electron chi connectivity index (χ0n) is 20.6. The molecule has 2 aromatic carbocycles. The molecular weight excluding hydrogens is 480 g/mol. The summed E-state index contributed by atoms with van der Waals surface area (Å²) < 4.78 is 23.3. The lowest BCUT2D eigenvalue weighted by Crippen LogP contribution is -2.55. The first kappa shape index (κ1) is 25.8. The number of nitrogens with zero attached hydrogens (tertiary/aromatic N) is 2. The van der Waals surface area contributed by atoms with Crippen molar-refractivity contribution in [2.45, 2.75) is 49.2 Å². The molecule has 2 fully saturated rings. The molecule has 1 spiro atoms. The summed E-state index contributed by atoms with van der Waals surface area (Å²) in [5.41, 5.74) is 0.835. The molecule has 2 aromatic rings. The summed E-state index contributed by atoms with van der Waals surface area (Å²) in [6.07, 6.45) is 2.90. The SMILES string of the molecule is CC(=O)NC(CCN1CCC2(CC1)NC(=O)N(Cc1ccc(S(C)(=O)=O)cc1)C2=O)c1ccccc1. The number of benzene rings is 2. The topological polar surface area (TPSA) is 116 Å². The van der Waals surface area contributed by atoms with Crippen molar-refractivity contribution in [1.82, 2.24) is 20.4 Å². The van der Waals surface area contributed by atoms with Gasteiger partial charge in [-0.05, 0) is 42.5 Å². The van der Waals surface area contributed by atoms with Crippen molar-refractivity contribution in [2.75, 3.05) is 25.9 Å². The predicted octanol–water partition coefficient (Wildman–Crippen LogP) is 2.24. The van der Waals surface area contributed by atoms with Crippen molar-refractivity contribution in [3.8, 4) is 0 Å². The van der Waals surface area contributed by atoms with E-state index >= 15 is 0 Å². The summed E-state index contributed by atoms with van der Waals surface area (Å²) in [5.74, 6) is -0.313. The van der Waals surface area contributed by atoms with Crippen molar-refractivity contribution in [3.05, 3.63) is 65.7 Å². The molecule has 0 radical (unpaired) electrons. The number of amides is 4. The monoisotopic (exact) mass is 512 g/mol. The van der Waals surface area contributed by atoms with Crippen LogP contribution in [0.5, 0.6) is 0 Å². The van der Waals surface area contributed by atoms with Gasteiger partial charge in [0.25, 0.3) is 5.91 Å². The third-order valence-corrected chi connectivity index (χ3v) is 8.09. The summed E-state index contributed by atoms with van der Waals surface area (Å²) >= 11 is 0. The number of rotatable bonds is 8. The van der Waals surface area contributed by atoms with Gasteiger partial charge in [-0.1, -0.05) is 42.5 Å². The Morgan fingerprint density at radius 3 is 2.28 bits per heavy atom. The predicted molar refractivity (Wildman–Crippen MR) is 135 cm³/mol. The van der Waals surface area contributed by atoms with Gasteiger partial charge in [0.05, 0.1) is 17.5 Å². The fourth-order valence-electron chi connectivity index (χ4n) is 4.91. The Hall–Kier alpha value is -3.24. The van der Waals surface area contributed by atoms with Gasteiger partial charge in [0.1, 0.15) is 5.54 Å². The Morgan fingerprint density at radius 1 is 1.06 bits per heavy atom. The van der Waals surface area contributed by atoms with Crippen LogP contribution in [0.15, 0.2) is 59.5 Å². The lowest BCUT2D eigenvalue weighted by atomic mass is 9.87. The minimum absolute atomic E-state index is 0.0771. The van der Waals surface area contributed by atoms with Crippen LogP contribution in [0.4, 0.5) is 4.79 Å². The molecule has 9 nitrogen and oxygen atoms in total. The molecule has 2 aliphatic heterocycles. The van der Waals surface area contributed by atoms with E-state index in [1.165, 1.54) is 24.0 Å². The van der Waals surface area contributed by atoms with Crippen LogP contribution in [-0.4, -0.2) is 67.5 Å². The Morgan fingerprint density at radius 2 is 1.69 bits per heavy atom. The Labute approximate surface area is 211 Å². The fraction of sp³-hybridized carbons (Fsp3) is 0.423. The summed E-state index contributed by atoms with van der Waals surface area (Å²) in [5, 5.41) is 5.94. The van der Waals surface area contributed by atoms with Gasteiger partial charge in [0.15, 0.2) is 9.84 Å². The number of sulfone groups is 1. The van der Waals surface area contributed by atoms with E-state index in [9.17, 15) is 22.8 Å². The molecule has 0 aromatic heterocycles. The van der Waals surface area contributed by atoms with E-state index in [-0.39, 0.29) is 29.3 Å². The second kappa shape index (κ2) is 10.4. The van der Waals surface area contributed by atoms with Crippen LogP contribution >= 0.6 is 0 Å². The highest BCUT2D eigenvalue weighted by Gasteiger charge is 2.52. The Bertz CT molecular complexity index is 1220. The standard InChI is InChI=1S/C26H32N4O5S/c1-19(31)27-23(21-6-4-3-5-7-21)12-15-29-16-13-26(14-17-29)24(32)30(25(33)28-26)18-20-8-10-22(11-9-20)36(2,34)35/h3-11,23H,12-18H2,1-2H3,(H,27,31)(H,28,33). The van der Waals surface area contributed by atoms with Crippen LogP contribution in [0.3, 0.4) is 0 Å². The molecule has 36 heavy (non-hydrogen) atoms. The van der Waals surface area contributed by atoms with Crippen molar-refractivity contribution in [3.63, 3.8) is 0 Å². The first-order valence-electron chi connectivity index (χ1n) is 12.0. The molecule has 1 unspecified atom stereocenters. The molecule has 0 aliphatic carbocycles. The maximum Gasteiger partial charge on any atom is 0.325 e. The molecule has 4 rings (SSSR count). The lowest BCUT2D eigenvalue weighted by molar-refractivity contribution is -0.133. The van der Waals surface area contributed by atoms with Crippen molar-refractivity contribution in [2.24, 2.45) is 0 Å². The molecule has 1 atom stereocenters. The maximum atomic E-state index is 13.3. The van der Waals surface area contributed by atoms with E-state index in [1.807, 2.05) is 30.3 Å². The summed E-state index contributed by atoms with van der Waals surface area (Å²) in [7, 11) is -3.31. The number of hydrogen-bond acceptors (Lipinski definition) is 6. The fourth-order valence-corrected chi connectivity index (χ4v) is 5.54. The lowest BCUT2D eigenvalue weighted by Gasteiger charge is -2.37. The van der Waals surface area contributed by atoms with Gasteiger partial charge in [-0.25, -0.2) is 13.2 Å². The number of carbonyl (C=O) groups excluding carboxylic acids is 3. The van der Waals surface area contributed by atoms with Crippen LogP contribution in [0.1, 0.15) is 43.4 Å². The van der Waals surface area contributed by atoms with Gasteiger partial charge in [0.2, 0.25) is 5.91 Å². The number of nitrogens with one attached hydrogen (secondary N) is 2. The van der Waals surface area contributed by atoms with E-state index in [2.05, 4.69) is 15.5 Å². The third kappa shape index (κ3) is 5.76. The largest absolute Gasteiger partial charge is 0.349 e. The first-order valence-corrected chi connectivity index (χ1v) is 13.9. The minimum atomic E-state index is -3.31. The summed E-state index contributed by atoms with van der Waals surface area (Å²) in [6.45, 7) is 3.68. The number of urea groups is 1. The van der Waals surface area contributed by atoms with E-state index < -0.39 is 21.4 Å². The number of imide groups is 1. The average Bonchev–Trinajstić information content (AvgIpc) is 3.07. The van der Waals surface area contributed by atoms with Gasteiger partial charge in [-0.2, -0.15) is 0 Å². The highest BCUT2D eigenvalue weighted by Crippen LogP contribution is 2.31. The molecule has 2 saturated heterocycles. The van der Waals surface area contributed by atoms with Gasteiger partial charge in [0, 0.05) is 32.8 Å². The smallest absolute Gasteiger partial charge is 0.325 e. The maximum absolute atomic E-state index is 13.3. The van der Waals surface area contributed by atoms with Crippen molar-refractivity contribution >= 4 is 27.7 Å². The highest BCUT2D eigenvalue weighted by molar-refractivity contribution is 7.90. The van der Waals surface area contributed by atoms with Crippen molar-refractivity contribution < 1.29 is 22.8 Å². The molecule has 0 saturated carbocycles. The van der Waals surface area contributed by atoms with E-state index in [0.29, 0.717) is 31.5 Å². The van der Waals surface area contributed by atoms with Gasteiger partial charge < -0.3 is 15.5 Å². The Kier molecular flexibility index (Phi) is 7.46. The molecule has 4 amide bonds. The van der Waals surface area contributed by atoms with Crippen LogP contribution in [-0.2, 0) is 26.0 Å². The van der Waals surface area contributed by atoms with Gasteiger partial charge >= 0.3 is 6.03 Å². The Balaban J connectivity index is 1.34. The second-order valence-electron chi connectivity index (χ2n) is 9.61. The molecule has 2 aliphatic rings. The molecule has 0 bridgehead atoms. The van der Waals surface area contributed by atoms with Crippen LogP contribution in [0.2, 0.25) is 0 Å². The van der Waals surface area contributed by atoms with Crippen LogP contribution in [0, 0.1) is 0 Å². The van der Waals surface area contributed by atoms with Crippen LogP contribution in [0.25, 0.3) is 0 Å². The van der Waals surface area contributed by atoms with E-state index in [0.717, 1.165) is 24.8 Å². The molecular formula is C26H32N4O5S. The first-order chi connectivity index (χ1) is 17.1. The average molecular weight is 513 g/mol. The number of likely N-dealkylation sites (tertiary alicyclic amines) is 1. The zero-order chi connectivity index (χ0) is 25.9. The van der Waals surface area contributed by atoms with Gasteiger partial charge in [-0.3, -0.25) is 14.5 Å². The normalized spacial score (nSPS) is 18.8. The molecule has 10 heteroatoms. The number of carbonyl (C=O) groups is 3. The molecule has 2 heterocycles. The highest BCUT2D eigenvalue weighted by atomic mass is 32.2. The van der Waals surface area contributed by atoms with Gasteiger partial charge in [-0.15, -0.1) is 0 Å². The summed E-state index contributed by atoms with van der Waals surface area (Å²) in [4.78, 5) is 41.3. The van der Waals surface area contributed by atoms with E-state index in [4.69, 9.17) is 0 Å². The minimum Gasteiger partial charge on any atom is -0.349 e. The number of hydrogen-bond donors (Lipinski definition) is 2. The zero-order valence-corrected chi connectivity index (χ0v) is 21.4. The molecule has 2 N–H and O–H groups in total. The molecule has 192 valence electrons. The third-order valence-electron chi connectivity index (χ3n) is 6.96. The van der Waals surface area contributed by atoms with Crippen molar-refractivity contribution in [1.29, 1.82) is 0 Å². The second-order valence-corrected chi connectivity index (χ2v) is 11.6. The quantitative estimate of drug-likeness (QED) is 0.524. The number of piperidine rings is 1. The summed E-state index contributed by atoms with van der Waals surface area (Å²) in [6, 6.07) is 15.6. The van der Waals surface area contributed by atoms with E-state index in [1.54, 1.807) is 12.1 Å².